The number of carbonyl (C=O) groups is 1. The van der Waals surface area contributed by atoms with E-state index in [1.807, 2.05) is 24.3 Å². The maximum atomic E-state index is 12.7. The van der Waals surface area contributed by atoms with Crippen molar-refractivity contribution in [3.63, 3.8) is 0 Å². The second-order valence-corrected chi connectivity index (χ2v) is 7.74. The van der Waals surface area contributed by atoms with Gasteiger partial charge in [-0.3, -0.25) is 0 Å². The normalized spacial score (nSPS) is 16.7. The molecule has 0 spiro atoms. The molecule has 4 rings (SSSR count). The Morgan fingerprint density at radius 1 is 1.13 bits per heavy atom. The van der Waals surface area contributed by atoms with Crippen LogP contribution >= 0.6 is 15.9 Å². The van der Waals surface area contributed by atoms with Gasteiger partial charge < -0.3 is 14.7 Å². The van der Waals surface area contributed by atoms with Crippen LogP contribution in [-0.2, 0) is 6.18 Å². The SMILES string of the molecule is O=C(Nc1ccc(C(F)(F)F)cc1)N1CCCC1c1nc(-c2ccc(Br)cc2)no1. The first-order chi connectivity index (χ1) is 14.3. The molecule has 1 N–H and O–H groups in total. The molecule has 10 heteroatoms. The van der Waals surface area contributed by atoms with E-state index in [1.54, 1.807) is 4.90 Å². The Kier molecular flexibility index (Phi) is 5.50. The first-order valence-electron chi connectivity index (χ1n) is 9.16. The Bertz CT molecular complexity index is 1040. The van der Waals surface area contributed by atoms with Crippen molar-refractivity contribution < 1.29 is 22.5 Å². The molecule has 156 valence electrons. The lowest BCUT2D eigenvalue weighted by Gasteiger charge is -2.22. The van der Waals surface area contributed by atoms with Gasteiger partial charge in [-0.15, -0.1) is 0 Å². The Morgan fingerprint density at radius 2 is 1.83 bits per heavy atom. The molecule has 0 saturated carbocycles. The molecule has 0 bridgehead atoms. The maximum Gasteiger partial charge on any atom is 0.416 e. The number of carbonyl (C=O) groups excluding carboxylic acids is 1. The molecule has 30 heavy (non-hydrogen) atoms. The summed E-state index contributed by atoms with van der Waals surface area (Å²) in [7, 11) is 0. The van der Waals surface area contributed by atoms with E-state index in [4.69, 9.17) is 4.52 Å². The number of anilines is 1. The van der Waals surface area contributed by atoms with Crippen molar-refractivity contribution in [1.82, 2.24) is 15.0 Å². The van der Waals surface area contributed by atoms with Gasteiger partial charge in [0.2, 0.25) is 11.7 Å². The fraction of sp³-hybridized carbons (Fsp3) is 0.250. The summed E-state index contributed by atoms with van der Waals surface area (Å²) in [6.45, 7) is 0.479. The van der Waals surface area contributed by atoms with Crippen molar-refractivity contribution in [1.29, 1.82) is 0 Å². The second kappa shape index (κ2) is 8.10. The smallest absolute Gasteiger partial charge is 0.337 e. The van der Waals surface area contributed by atoms with E-state index in [1.165, 1.54) is 12.1 Å². The average molecular weight is 481 g/mol. The second-order valence-electron chi connectivity index (χ2n) is 6.82. The number of aromatic nitrogens is 2. The third-order valence-corrected chi connectivity index (χ3v) is 5.34. The van der Waals surface area contributed by atoms with E-state index >= 15 is 0 Å². The summed E-state index contributed by atoms with van der Waals surface area (Å²) in [6.07, 6.45) is -3.02. The summed E-state index contributed by atoms with van der Waals surface area (Å²) >= 11 is 3.37. The van der Waals surface area contributed by atoms with Crippen molar-refractivity contribution in [2.45, 2.75) is 25.1 Å². The Labute approximate surface area is 178 Å². The molecule has 6 nitrogen and oxygen atoms in total. The molecule has 2 amide bonds. The molecule has 1 unspecified atom stereocenters. The summed E-state index contributed by atoms with van der Waals surface area (Å²) in [6, 6.07) is 10.9. The Hall–Kier alpha value is -2.88. The van der Waals surface area contributed by atoms with Gasteiger partial charge in [-0.1, -0.05) is 21.1 Å². The van der Waals surface area contributed by atoms with Crippen LogP contribution in [0.2, 0.25) is 0 Å². The van der Waals surface area contributed by atoms with Gasteiger partial charge in [-0.2, -0.15) is 18.2 Å². The third kappa shape index (κ3) is 4.33. The third-order valence-electron chi connectivity index (χ3n) is 4.81. The molecular formula is C20H16BrF3N4O2. The van der Waals surface area contributed by atoms with Gasteiger partial charge in [0.1, 0.15) is 6.04 Å². The molecule has 1 fully saturated rings. The Balaban J connectivity index is 1.47. The van der Waals surface area contributed by atoms with Crippen molar-refractivity contribution >= 4 is 27.6 Å². The van der Waals surface area contributed by atoms with E-state index in [9.17, 15) is 18.0 Å². The predicted octanol–water partition coefficient (Wildman–Crippen LogP) is 5.89. The molecule has 2 heterocycles. The number of hydrogen-bond acceptors (Lipinski definition) is 4. The molecule has 0 radical (unpaired) electrons. The minimum atomic E-state index is -4.42. The summed E-state index contributed by atoms with van der Waals surface area (Å²) in [5.74, 6) is 0.750. The molecule has 3 aromatic rings. The zero-order valence-corrected chi connectivity index (χ0v) is 17.1. The fourth-order valence-electron chi connectivity index (χ4n) is 3.29. The van der Waals surface area contributed by atoms with Crippen molar-refractivity contribution in [2.75, 3.05) is 11.9 Å². The minimum absolute atomic E-state index is 0.278. The van der Waals surface area contributed by atoms with E-state index in [0.717, 1.165) is 28.6 Å². The van der Waals surface area contributed by atoms with Gasteiger partial charge in [-0.05, 0) is 61.4 Å². The quantitative estimate of drug-likeness (QED) is 0.507. The van der Waals surface area contributed by atoms with Crippen molar-refractivity contribution in [2.24, 2.45) is 0 Å². The van der Waals surface area contributed by atoms with Gasteiger partial charge in [0.25, 0.3) is 0 Å². The van der Waals surface area contributed by atoms with Crippen LogP contribution in [0.5, 0.6) is 0 Å². The van der Waals surface area contributed by atoms with E-state index in [-0.39, 0.29) is 5.69 Å². The first-order valence-corrected chi connectivity index (χ1v) is 9.95. The number of benzene rings is 2. The number of halogens is 4. The number of hydrogen-bond donors (Lipinski definition) is 1. The zero-order chi connectivity index (χ0) is 21.3. The van der Waals surface area contributed by atoms with Gasteiger partial charge in [-0.25, -0.2) is 4.79 Å². The molecular weight excluding hydrogens is 465 g/mol. The Morgan fingerprint density at radius 3 is 2.50 bits per heavy atom. The lowest BCUT2D eigenvalue weighted by Crippen LogP contribution is -2.34. The highest BCUT2D eigenvalue weighted by Crippen LogP contribution is 2.33. The number of nitrogens with zero attached hydrogens (tertiary/aromatic N) is 3. The number of alkyl halides is 3. The summed E-state index contributed by atoms with van der Waals surface area (Å²) in [4.78, 5) is 18.7. The number of nitrogens with one attached hydrogen (secondary N) is 1. The van der Waals surface area contributed by atoms with Crippen LogP contribution in [0.4, 0.5) is 23.7 Å². The molecule has 0 aliphatic carbocycles. The van der Waals surface area contributed by atoms with Crippen LogP contribution in [0.15, 0.2) is 57.5 Å². The molecule has 1 aromatic heterocycles. The summed E-state index contributed by atoms with van der Waals surface area (Å²) in [5.41, 5.74) is 0.289. The molecule has 1 saturated heterocycles. The highest BCUT2D eigenvalue weighted by atomic mass is 79.9. The van der Waals surface area contributed by atoms with Crippen LogP contribution < -0.4 is 5.32 Å². The monoisotopic (exact) mass is 480 g/mol. The van der Waals surface area contributed by atoms with E-state index < -0.39 is 23.8 Å². The molecule has 1 aliphatic heterocycles. The van der Waals surface area contributed by atoms with Crippen LogP contribution in [0.25, 0.3) is 11.4 Å². The first kappa shape index (κ1) is 20.4. The number of rotatable bonds is 3. The fourth-order valence-corrected chi connectivity index (χ4v) is 3.56. The number of likely N-dealkylation sites (tertiary alicyclic amines) is 1. The van der Waals surface area contributed by atoms with Crippen LogP contribution in [0.3, 0.4) is 0 Å². The standard InChI is InChI=1S/C20H16BrF3N4O2/c21-14-7-3-12(4-8-14)17-26-18(30-27-17)16-2-1-11-28(16)19(29)25-15-9-5-13(6-10-15)20(22,23)24/h3-10,16H,1-2,11H2,(H,25,29). The molecule has 2 aromatic carbocycles. The van der Waals surface area contributed by atoms with Gasteiger partial charge in [0.05, 0.1) is 5.56 Å². The van der Waals surface area contributed by atoms with Gasteiger partial charge in [0.15, 0.2) is 0 Å². The highest BCUT2D eigenvalue weighted by molar-refractivity contribution is 9.10. The summed E-state index contributed by atoms with van der Waals surface area (Å²) in [5, 5.41) is 6.64. The summed E-state index contributed by atoms with van der Waals surface area (Å²) < 4.78 is 44.4. The van der Waals surface area contributed by atoms with Gasteiger partial charge >= 0.3 is 12.2 Å². The molecule has 1 aliphatic rings. The predicted molar refractivity (Wildman–Crippen MR) is 107 cm³/mol. The lowest BCUT2D eigenvalue weighted by molar-refractivity contribution is -0.137. The lowest BCUT2D eigenvalue weighted by atomic mass is 10.2. The topological polar surface area (TPSA) is 71.3 Å². The minimum Gasteiger partial charge on any atom is -0.337 e. The zero-order valence-electron chi connectivity index (χ0n) is 15.5. The van der Waals surface area contributed by atoms with Crippen molar-refractivity contribution in [3.8, 4) is 11.4 Å². The van der Waals surface area contributed by atoms with Crippen LogP contribution in [-0.4, -0.2) is 27.6 Å². The number of amides is 2. The maximum absolute atomic E-state index is 12.7. The van der Waals surface area contributed by atoms with E-state index in [2.05, 4.69) is 31.4 Å². The highest BCUT2D eigenvalue weighted by Gasteiger charge is 2.34. The van der Waals surface area contributed by atoms with Crippen molar-refractivity contribution in [3.05, 3.63) is 64.5 Å². The van der Waals surface area contributed by atoms with Gasteiger partial charge in [0, 0.05) is 22.3 Å². The molecule has 1 atom stereocenters. The van der Waals surface area contributed by atoms with Crippen LogP contribution in [0.1, 0.15) is 30.3 Å². The average Bonchev–Trinajstić information content (AvgIpc) is 3.38. The number of urea groups is 1. The van der Waals surface area contributed by atoms with E-state index in [0.29, 0.717) is 24.7 Å². The van der Waals surface area contributed by atoms with Crippen LogP contribution in [0, 0.1) is 0 Å². The largest absolute Gasteiger partial charge is 0.416 e.